The van der Waals surface area contributed by atoms with Gasteiger partial charge in [0.05, 0.1) is 0 Å². The van der Waals surface area contributed by atoms with Gasteiger partial charge in [0.25, 0.3) is 5.91 Å². The van der Waals surface area contributed by atoms with Crippen molar-refractivity contribution in [2.45, 2.75) is 13.5 Å². The summed E-state index contributed by atoms with van der Waals surface area (Å²) < 4.78 is 0. The number of hydrogen-bond acceptors (Lipinski definition) is 3. The van der Waals surface area contributed by atoms with E-state index < -0.39 is 0 Å². The zero-order valence-corrected chi connectivity index (χ0v) is 10.2. The molecule has 2 rings (SSSR count). The maximum atomic E-state index is 12.1. The topological polar surface area (TPSA) is 68.0 Å². The Kier molecular flexibility index (Phi) is 3.69. The molecule has 3 N–H and O–H groups in total. The molecule has 0 aliphatic heterocycles. The molecule has 0 saturated carbocycles. The van der Waals surface area contributed by atoms with Crippen LogP contribution in [0.25, 0.3) is 0 Å². The predicted octanol–water partition coefficient (Wildman–Crippen LogP) is 2.10. The van der Waals surface area contributed by atoms with Gasteiger partial charge in [-0.15, -0.1) is 0 Å². The second-order valence-electron chi connectivity index (χ2n) is 4.05. The summed E-state index contributed by atoms with van der Waals surface area (Å²) in [5.41, 5.74) is 8.80. The van der Waals surface area contributed by atoms with Crippen molar-refractivity contribution >= 4 is 11.6 Å². The van der Waals surface area contributed by atoms with E-state index in [1.54, 1.807) is 30.6 Å². The fourth-order valence-corrected chi connectivity index (χ4v) is 1.65. The van der Waals surface area contributed by atoms with Crippen LogP contribution in [-0.4, -0.2) is 10.9 Å². The first kappa shape index (κ1) is 12.3. The van der Waals surface area contributed by atoms with Gasteiger partial charge >= 0.3 is 0 Å². The van der Waals surface area contributed by atoms with Gasteiger partial charge in [0.1, 0.15) is 0 Å². The second-order valence-corrected chi connectivity index (χ2v) is 4.05. The van der Waals surface area contributed by atoms with E-state index in [0.717, 1.165) is 16.8 Å². The Balaban J connectivity index is 2.19. The van der Waals surface area contributed by atoms with Crippen LogP contribution in [0.4, 0.5) is 5.69 Å². The second kappa shape index (κ2) is 5.42. The van der Waals surface area contributed by atoms with Gasteiger partial charge < -0.3 is 11.1 Å². The van der Waals surface area contributed by atoms with Gasteiger partial charge in [-0.2, -0.15) is 0 Å². The monoisotopic (exact) mass is 241 g/mol. The van der Waals surface area contributed by atoms with E-state index in [1.165, 1.54) is 0 Å². The first-order chi connectivity index (χ1) is 8.70. The van der Waals surface area contributed by atoms with Crippen molar-refractivity contribution in [3.05, 3.63) is 59.4 Å². The lowest BCUT2D eigenvalue weighted by atomic mass is 10.1. The van der Waals surface area contributed by atoms with Crippen LogP contribution in [0.2, 0.25) is 0 Å². The van der Waals surface area contributed by atoms with E-state index in [2.05, 4.69) is 10.3 Å². The zero-order valence-electron chi connectivity index (χ0n) is 10.2. The SMILES string of the molecule is Cc1cnccc1NC(=O)c1cccc(CN)c1. The number of aromatic nitrogens is 1. The zero-order chi connectivity index (χ0) is 13.0. The number of nitrogens with one attached hydrogen (secondary N) is 1. The van der Waals surface area contributed by atoms with Crippen LogP contribution in [-0.2, 0) is 6.54 Å². The normalized spacial score (nSPS) is 10.1. The minimum atomic E-state index is -0.139. The van der Waals surface area contributed by atoms with Crippen LogP contribution in [0, 0.1) is 6.92 Å². The van der Waals surface area contributed by atoms with Gasteiger partial charge in [0.2, 0.25) is 0 Å². The Morgan fingerprint density at radius 1 is 1.39 bits per heavy atom. The van der Waals surface area contributed by atoms with Gasteiger partial charge in [-0.05, 0) is 36.2 Å². The molecule has 92 valence electrons. The molecule has 1 aromatic carbocycles. The van der Waals surface area contributed by atoms with Crippen molar-refractivity contribution in [1.29, 1.82) is 0 Å². The number of hydrogen-bond donors (Lipinski definition) is 2. The molecule has 18 heavy (non-hydrogen) atoms. The summed E-state index contributed by atoms with van der Waals surface area (Å²) in [7, 11) is 0. The summed E-state index contributed by atoms with van der Waals surface area (Å²) in [4.78, 5) is 16.0. The Bertz CT molecular complexity index is 566. The van der Waals surface area contributed by atoms with Crippen LogP contribution < -0.4 is 11.1 Å². The Hall–Kier alpha value is -2.20. The number of pyridine rings is 1. The van der Waals surface area contributed by atoms with Crippen LogP contribution in [0.15, 0.2) is 42.7 Å². The van der Waals surface area contributed by atoms with Crippen molar-refractivity contribution in [2.75, 3.05) is 5.32 Å². The average molecular weight is 241 g/mol. The largest absolute Gasteiger partial charge is 0.326 e. The molecule has 1 heterocycles. The molecule has 0 fully saturated rings. The molecule has 0 aliphatic rings. The number of rotatable bonds is 3. The number of benzene rings is 1. The number of carbonyl (C=O) groups is 1. The lowest BCUT2D eigenvalue weighted by molar-refractivity contribution is 0.102. The highest BCUT2D eigenvalue weighted by Crippen LogP contribution is 2.14. The van der Waals surface area contributed by atoms with Crippen molar-refractivity contribution in [1.82, 2.24) is 4.98 Å². The standard InChI is InChI=1S/C14H15N3O/c1-10-9-16-6-5-13(10)17-14(18)12-4-2-3-11(7-12)8-15/h2-7,9H,8,15H2,1H3,(H,16,17,18). The van der Waals surface area contributed by atoms with E-state index in [9.17, 15) is 4.79 Å². The van der Waals surface area contributed by atoms with Crippen molar-refractivity contribution in [2.24, 2.45) is 5.73 Å². The molecule has 0 radical (unpaired) electrons. The molecule has 1 aromatic heterocycles. The third-order valence-electron chi connectivity index (χ3n) is 2.69. The van der Waals surface area contributed by atoms with E-state index in [-0.39, 0.29) is 5.91 Å². The fraction of sp³-hybridized carbons (Fsp3) is 0.143. The third kappa shape index (κ3) is 2.73. The van der Waals surface area contributed by atoms with Crippen LogP contribution in [0.3, 0.4) is 0 Å². The lowest BCUT2D eigenvalue weighted by Gasteiger charge is -2.08. The summed E-state index contributed by atoms with van der Waals surface area (Å²) in [5.74, 6) is -0.139. The number of nitrogens with two attached hydrogens (primary N) is 1. The minimum absolute atomic E-state index is 0.139. The fourth-order valence-electron chi connectivity index (χ4n) is 1.65. The predicted molar refractivity (Wildman–Crippen MR) is 71.3 cm³/mol. The highest BCUT2D eigenvalue weighted by molar-refractivity contribution is 6.04. The number of nitrogens with zero attached hydrogens (tertiary/aromatic N) is 1. The average Bonchev–Trinajstić information content (AvgIpc) is 2.41. The molecule has 4 nitrogen and oxygen atoms in total. The summed E-state index contributed by atoms with van der Waals surface area (Å²) in [5, 5.41) is 2.86. The first-order valence-electron chi connectivity index (χ1n) is 5.71. The Morgan fingerprint density at radius 2 is 2.22 bits per heavy atom. The number of amides is 1. The number of carbonyl (C=O) groups excluding carboxylic acids is 1. The molecule has 0 bridgehead atoms. The van der Waals surface area contributed by atoms with Gasteiger partial charge in [0, 0.05) is 30.2 Å². The Morgan fingerprint density at radius 3 is 2.94 bits per heavy atom. The van der Waals surface area contributed by atoms with Crippen LogP contribution in [0.1, 0.15) is 21.5 Å². The van der Waals surface area contributed by atoms with Crippen molar-refractivity contribution in [3.8, 4) is 0 Å². The van der Waals surface area contributed by atoms with Crippen LogP contribution >= 0.6 is 0 Å². The number of anilines is 1. The molecule has 0 atom stereocenters. The minimum Gasteiger partial charge on any atom is -0.326 e. The summed E-state index contributed by atoms with van der Waals surface area (Å²) in [6.45, 7) is 2.33. The smallest absolute Gasteiger partial charge is 0.255 e. The molecule has 0 saturated heterocycles. The number of aryl methyl sites for hydroxylation is 1. The molecule has 4 heteroatoms. The molecular weight excluding hydrogens is 226 g/mol. The molecule has 0 unspecified atom stereocenters. The summed E-state index contributed by atoms with van der Waals surface area (Å²) in [6, 6.07) is 9.07. The van der Waals surface area contributed by atoms with Crippen LogP contribution in [0.5, 0.6) is 0 Å². The summed E-state index contributed by atoms with van der Waals surface area (Å²) >= 11 is 0. The Labute approximate surface area is 106 Å². The molecule has 0 spiro atoms. The maximum Gasteiger partial charge on any atom is 0.255 e. The maximum absolute atomic E-state index is 12.1. The van der Waals surface area contributed by atoms with E-state index in [1.807, 2.05) is 19.1 Å². The van der Waals surface area contributed by atoms with Gasteiger partial charge in [-0.1, -0.05) is 12.1 Å². The highest BCUT2D eigenvalue weighted by atomic mass is 16.1. The first-order valence-corrected chi connectivity index (χ1v) is 5.71. The van der Waals surface area contributed by atoms with Gasteiger partial charge in [-0.25, -0.2) is 0 Å². The molecule has 0 aliphatic carbocycles. The molecule has 1 amide bonds. The van der Waals surface area contributed by atoms with E-state index >= 15 is 0 Å². The van der Waals surface area contributed by atoms with Gasteiger partial charge in [-0.3, -0.25) is 9.78 Å². The molecular formula is C14H15N3O. The van der Waals surface area contributed by atoms with E-state index in [0.29, 0.717) is 12.1 Å². The van der Waals surface area contributed by atoms with E-state index in [4.69, 9.17) is 5.73 Å². The van der Waals surface area contributed by atoms with Crippen molar-refractivity contribution < 1.29 is 4.79 Å². The lowest BCUT2D eigenvalue weighted by Crippen LogP contribution is -2.13. The van der Waals surface area contributed by atoms with Crippen molar-refractivity contribution in [3.63, 3.8) is 0 Å². The third-order valence-corrected chi connectivity index (χ3v) is 2.69. The quantitative estimate of drug-likeness (QED) is 0.864. The summed E-state index contributed by atoms with van der Waals surface area (Å²) in [6.07, 6.45) is 3.37. The highest BCUT2D eigenvalue weighted by Gasteiger charge is 2.07. The van der Waals surface area contributed by atoms with Gasteiger partial charge in [0.15, 0.2) is 0 Å². The molecule has 2 aromatic rings.